The van der Waals surface area contributed by atoms with Crippen molar-refractivity contribution in [2.45, 2.75) is 25.1 Å². The third-order valence-corrected chi connectivity index (χ3v) is 3.53. The summed E-state index contributed by atoms with van der Waals surface area (Å²) in [5, 5.41) is 2.75. The molecule has 5 nitrogen and oxygen atoms in total. The number of nitrogens with one attached hydrogen (secondary N) is 1. The molecule has 0 atom stereocenters. The van der Waals surface area contributed by atoms with Gasteiger partial charge in [0.25, 0.3) is 5.91 Å². The lowest BCUT2D eigenvalue weighted by molar-refractivity contribution is -0.186. The summed E-state index contributed by atoms with van der Waals surface area (Å²) in [5.74, 6) is -2.13. The number of hydrogen-bond acceptors (Lipinski definition) is 3. The van der Waals surface area contributed by atoms with Crippen molar-refractivity contribution in [3.8, 4) is 0 Å². The summed E-state index contributed by atoms with van der Waals surface area (Å²) in [6.45, 7) is -0.0456. The average Bonchev–Trinajstić information content (AvgIpc) is 2.47. The third kappa shape index (κ3) is 3.90. The zero-order chi connectivity index (χ0) is 16.3. The van der Waals surface area contributed by atoms with Gasteiger partial charge in [-0.3, -0.25) is 9.59 Å². The molecule has 8 heteroatoms. The lowest BCUT2D eigenvalue weighted by atomic mass is 10.0. The third-order valence-electron chi connectivity index (χ3n) is 3.53. The van der Waals surface area contributed by atoms with Gasteiger partial charge in [0.1, 0.15) is 0 Å². The average molecular weight is 315 g/mol. The minimum absolute atomic E-state index is 0.0228. The maximum Gasteiger partial charge on any atom is 0.471 e. The summed E-state index contributed by atoms with van der Waals surface area (Å²) in [4.78, 5) is 23.9. The molecule has 2 amide bonds. The highest BCUT2D eigenvalue weighted by Crippen LogP contribution is 2.21. The van der Waals surface area contributed by atoms with Crippen LogP contribution in [-0.4, -0.2) is 42.0 Å². The van der Waals surface area contributed by atoms with Gasteiger partial charge in [0, 0.05) is 30.4 Å². The summed E-state index contributed by atoms with van der Waals surface area (Å²) < 4.78 is 37.0. The Morgan fingerprint density at radius 3 is 2.18 bits per heavy atom. The standard InChI is InChI=1S/C14H16F3N3O2/c15-14(16,17)13(22)20-7-5-11(6-8-20)19-12(21)9-1-3-10(18)4-2-9/h1-4,11H,5-8,18H2,(H,19,21). The molecular weight excluding hydrogens is 299 g/mol. The van der Waals surface area contributed by atoms with Crippen molar-refractivity contribution in [2.24, 2.45) is 0 Å². The molecule has 1 fully saturated rings. The summed E-state index contributed by atoms with van der Waals surface area (Å²) in [7, 11) is 0. The number of likely N-dealkylation sites (tertiary alicyclic amines) is 1. The fourth-order valence-corrected chi connectivity index (χ4v) is 2.31. The molecule has 120 valence electrons. The van der Waals surface area contributed by atoms with E-state index >= 15 is 0 Å². The van der Waals surface area contributed by atoms with Gasteiger partial charge >= 0.3 is 12.1 Å². The van der Waals surface area contributed by atoms with E-state index in [-0.39, 0.29) is 25.0 Å². The predicted octanol–water partition coefficient (Wildman–Crippen LogP) is 1.55. The Balaban J connectivity index is 1.86. The van der Waals surface area contributed by atoms with Gasteiger partial charge in [-0.05, 0) is 37.1 Å². The van der Waals surface area contributed by atoms with Crippen LogP contribution in [0.25, 0.3) is 0 Å². The first kappa shape index (κ1) is 16.1. The fourth-order valence-electron chi connectivity index (χ4n) is 2.31. The summed E-state index contributed by atoms with van der Waals surface area (Å²) >= 11 is 0. The van der Waals surface area contributed by atoms with Crippen molar-refractivity contribution in [1.82, 2.24) is 10.2 Å². The quantitative estimate of drug-likeness (QED) is 0.813. The maximum absolute atomic E-state index is 12.3. The Bertz CT molecular complexity index is 549. The van der Waals surface area contributed by atoms with Gasteiger partial charge in [-0.2, -0.15) is 13.2 Å². The van der Waals surface area contributed by atoms with E-state index in [2.05, 4.69) is 5.32 Å². The monoisotopic (exact) mass is 315 g/mol. The Hall–Kier alpha value is -2.25. The molecule has 0 radical (unpaired) electrons. The smallest absolute Gasteiger partial charge is 0.399 e. The Morgan fingerprint density at radius 2 is 1.68 bits per heavy atom. The molecule has 3 N–H and O–H groups in total. The topological polar surface area (TPSA) is 75.4 Å². The molecule has 1 aliphatic heterocycles. The maximum atomic E-state index is 12.3. The molecule has 1 aromatic carbocycles. The van der Waals surface area contributed by atoms with E-state index in [1.54, 1.807) is 24.3 Å². The van der Waals surface area contributed by atoms with Crippen LogP contribution in [0.4, 0.5) is 18.9 Å². The van der Waals surface area contributed by atoms with E-state index in [0.29, 0.717) is 24.1 Å². The van der Waals surface area contributed by atoms with E-state index < -0.39 is 12.1 Å². The van der Waals surface area contributed by atoms with E-state index in [1.807, 2.05) is 0 Å². The number of nitrogen functional groups attached to an aromatic ring is 1. The van der Waals surface area contributed by atoms with Crippen LogP contribution in [0.2, 0.25) is 0 Å². The first-order valence-electron chi connectivity index (χ1n) is 6.80. The van der Waals surface area contributed by atoms with E-state index in [9.17, 15) is 22.8 Å². The Labute approximate surface area is 125 Å². The Morgan fingerprint density at radius 1 is 1.14 bits per heavy atom. The second-order valence-corrected chi connectivity index (χ2v) is 5.16. The van der Waals surface area contributed by atoms with Crippen molar-refractivity contribution >= 4 is 17.5 Å². The number of hydrogen-bond donors (Lipinski definition) is 2. The van der Waals surface area contributed by atoms with E-state index in [1.165, 1.54) is 0 Å². The zero-order valence-electron chi connectivity index (χ0n) is 11.7. The van der Waals surface area contributed by atoms with E-state index in [4.69, 9.17) is 5.73 Å². The van der Waals surface area contributed by atoms with E-state index in [0.717, 1.165) is 4.90 Å². The molecule has 1 aliphatic rings. The first-order valence-corrected chi connectivity index (χ1v) is 6.80. The van der Waals surface area contributed by atoms with Gasteiger partial charge in [0.2, 0.25) is 0 Å². The van der Waals surface area contributed by atoms with Gasteiger partial charge in [0.05, 0.1) is 0 Å². The van der Waals surface area contributed by atoms with Crippen LogP contribution in [-0.2, 0) is 4.79 Å². The number of nitrogens with two attached hydrogens (primary N) is 1. The number of halogens is 3. The second kappa shape index (κ2) is 6.25. The molecule has 0 aromatic heterocycles. The minimum atomic E-state index is -4.85. The highest BCUT2D eigenvalue weighted by atomic mass is 19.4. The van der Waals surface area contributed by atoms with Crippen molar-refractivity contribution in [2.75, 3.05) is 18.8 Å². The lowest BCUT2D eigenvalue weighted by Gasteiger charge is -2.32. The molecule has 1 heterocycles. The van der Waals surface area contributed by atoms with Crippen LogP contribution >= 0.6 is 0 Å². The number of carbonyl (C=O) groups excluding carboxylic acids is 2. The SMILES string of the molecule is Nc1ccc(C(=O)NC2CCN(C(=O)C(F)(F)F)CC2)cc1. The van der Waals surface area contributed by atoms with Crippen LogP contribution in [0.5, 0.6) is 0 Å². The molecule has 0 aliphatic carbocycles. The van der Waals surface area contributed by atoms with Gasteiger partial charge < -0.3 is 16.0 Å². The van der Waals surface area contributed by atoms with Crippen LogP contribution in [0.15, 0.2) is 24.3 Å². The fraction of sp³-hybridized carbons (Fsp3) is 0.429. The molecule has 0 bridgehead atoms. The lowest BCUT2D eigenvalue weighted by Crippen LogP contribution is -2.50. The van der Waals surface area contributed by atoms with Crippen molar-refractivity contribution in [3.05, 3.63) is 29.8 Å². The largest absolute Gasteiger partial charge is 0.471 e. The highest BCUT2D eigenvalue weighted by molar-refractivity contribution is 5.94. The molecule has 0 unspecified atom stereocenters. The summed E-state index contributed by atoms with van der Waals surface area (Å²) in [6.07, 6.45) is -4.26. The van der Waals surface area contributed by atoms with Crippen molar-refractivity contribution in [3.63, 3.8) is 0 Å². The summed E-state index contributed by atoms with van der Waals surface area (Å²) in [6, 6.07) is 6.10. The summed E-state index contributed by atoms with van der Waals surface area (Å²) in [5.41, 5.74) is 6.50. The number of benzene rings is 1. The number of carbonyl (C=O) groups is 2. The normalized spacial score (nSPS) is 16.4. The molecule has 22 heavy (non-hydrogen) atoms. The predicted molar refractivity (Wildman–Crippen MR) is 74.0 cm³/mol. The van der Waals surface area contributed by atoms with Crippen LogP contribution in [0, 0.1) is 0 Å². The number of amides is 2. The van der Waals surface area contributed by atoms with Crippen molar-refractivity contribution < 1.29 is 22.8 Å². The zero-order valence-corrected chi connectivity index (χ0v) is 11.7. The number of piperidine rings is 1. The van der Waals surface area contributed by atoms with Gasteiger partial charge in [0.15, 0.2) is 0 Å². The highest BCUT2D eigenvalue weighted by Gasteiger charge is 2.43. The van der Waals surface area contributed by atoms with Crippen molar-refractivity contribution in [1.29, 1.82) is 0 Å². The molecule has 2 rings (SSSR count). The number of rotatable bonds is 2. The van der Waals surface area contributed by atoms with Gasteiger partial charge in [-0.1, -0.05) is 0 Å². The number of alkyl halides is 3. The molecule has 1 saturated heterocycles. The molecule has 0 saturated carbocycles. The molecular formula is C14H16F3N3O2. The minimum Gasteiger partial charge on any atom is -0.399 e. The number of nitrogens with zero attached hydrogens (tertiary/aromatic N) is 1. The second-order valence-electron chi connectivity index (χ2n) is 5.16. The Kier molecular flexibility index (Phi) is 4.58. The molecule has 0 spiro atoms. The van der Waals surface area contributed by atoms with Crippen LogP contribution in [0.1, 0.15) is 23.2 Å². The number of anilines is 1. The van der Waals surface area contributed by atoms with Crippen LogP contribution in [0.3, 0.4) is 0 Å². The molecule has 1 aromatic rings. The van der Waals surface area contributed by atoms with Gasteiger partial charge in [-0.25, -0.2) is 0 Å². The van der Waals surface area contributed by atoms with Crippen LogP contribution < -0.4 is 11.1 Å². The first-order chi connectivity index (χ1) is 10.3. The van der Waals surface area contributed by atoms with Gasteiger partial charge in [-0.15, -0.1) is 0 Å².